The molecule has 0 amide bonds. The highest BCUT2D eigenvalue weighted by Gasteiger charge is 2.28. The molecule has 0 bridgehead atoms. The molecule has 0 saturated carbocycles. The summed E-state index contributed by atoms with van der Waals surface area (Å²) in [5.41, 5.74) is 2.89. The highest BCUT2D eigenvalue weighted by Crippen LogP contribution is 2.30. The van der Waals surface area contributed by atoms with Gasteiger partial charge in [-0.2, -0.15) is 0 Å². The first-order valence-corrected chi connectivity index (χ1v) is 8.74. The molecule has 22 heavy (non-hydrogen) atoms. The summed E-state index contributed by atoms with van der Waals surface area (Å²) >= 11 is 0. The number of ether oxygens (including phenoxy) is 1. The predicted octanol–water partition coefficient (Wildman–Crippen LogP) is 2.26. The van der Waals surface area contributed by atoms with Crippen molar-refractivity contribution in [1.82, 2.24) is 15.1 Å². The Hall–Kier alpha value is -1.10. The second-order valence-electron chi connectivity index (χ2n) is 6.32. The van der Waals surface area contributed by atoms with Gasteiger partial charge in [0.15, 0.2) is 0 Å². The van der Waals surface area contributed by atoms with Crippen LogP contribution in [0.15, 0.2) is 18.2 Å². The van der Waals surface area contributed by atoms with Gasteiger partial charge >= 0.3 is 0 Å². The molecule has 3 rings (SSSR count). The van der Waals surface area contributed by atoms with Gasteiger partial charge < -0.3 is 15.0 Å². The molecule has 1 atom stereocenters. The lowest BCUT2D eigenvalue weighted by molar-refractivity contribution is 0.0917. The zero-order valence-electron chi connectivity index (χ0n) is 14.0. The van der Waals surface area contributed by atoms with Gasteiger partial charge in [-0.1, -0.05) is 13.0 Å². The molecular weight excluding hydrogens is 274 g/mol. The Labute approximate surface area is 134 Å². The maximum Gasteiger partial charge on any atom is 0.119 e. The molecule has 1 saturated heterocycles. The van der Waals surface area contributed by atoms with Gasteiger partial charge in [-0.25, -0.2) is 0 Å². The normalized spacial score (nSPS) is 23.3. The van der Waals surface area contributed by atoms with Crippen LogP contribution in [-0.2, 0) is 6.54 Å². The molecule has 2 aliphatic heterocycles. The van der Waals surface area contributed by atoms with Crippen molar-refractivity contribution >= 4 is 0 Å². The van der Waals surface area contributed by atoms with E-state index in [2.05, 4.69) is 40.2 Å². The fraction of sp³-hybridized carbons (Fsp3) is 0.667. The van der Waals surface area contributed by atoms with E-state index in [0.29, 0.717) is 6.04 Å². The van der Waals surface area contributed by atoms with Gasteiger partial charge in [-0.05, 0) is 43.1 Å². The molecule has 1 fully saturated rings. The van der Waals surface area contributed by atoms with E-state index in [0.717, 1.165) is 25.4 Å². The first-order valence-electron chi connectivity index (χ1n) is 8.74. The minimum Gasteiger partial charge on any atom is -0.494 e. The number of nitrogens with one attached hydrogen (secondary N) is 1. The lowest BCUT2D eigenvalue weighted by Gasteiger charge is -2.41. The molecule has 2 aliphatic rings. The van der Waals surface area contributed by atoms with E-state index in [9.17, 15) is 0 Å². The number of benzene rings is 1. The zero-order chi connectivity index (χ0) is 15.4. The average Bonchev–Trinajstić information content (AvgIpc) is 2.55. The van der Waals surface area contributed by atoms with Crippen molar-refractivity contribution < 1.29 is 4.74 Å². The summed E-state index contributed by atoms with van der Waals surface area (Å²) in [6.45, 7) is 13.1. The third-order valence-corrected chi connectivity index (χ3v) is 4.83. The van der Waals surface area contributed by atoms with Crippen LogP contribution in [0, 0.1) is 0 Å². The van der Waals surface area contributed by atoms with Crippen LogP contribution in [0.5, 0.6) is 5.75 Å². The Morgan fingerprint density at radius 1 is 1.18 bits per heavy atom. The molecule has 0 spiro atoms. The molecule has 1 N–H and O–H groups in total. The van der Waals surface area contributed by atoms with Crippen LogP contribution in [0.1, 0.15) is 37.4 Å². The molecular formula is C18H29N3O. The van der Waals surface area contributed by atoms with Crippen LogP contribution in [0.3, 0.4) is 0 Å². The van der Waals surface area contributed by atoms with Gasteiger partial charge in [-0.3, -0.25) is 4.90 Å². The highest BCUT2D eigenvalue weighted by molar-refractivity contribution is 5.39. The third-order valence-electron chi connectivity index (χ3n) is 4.83. The Bertz CT molecular complexity index is 483. The smallest absolute Gasteiger partial charge is 0.119 e. The molecule has 4 heteroatoms. The lowest BCUT2D eigenvalue weighted by atomic mass is 9.94. The molecule has 122 valence electrons. The molecule has 0 radical (unpaired) electrons. The number of hydrogen-bond donors (Lipinski definition) is 1. The van der Waals surface area contributed by atoms with E-state index < -0.39 is 0 Å². The summed E-state index contributed by atoms with van der Waals surface area (Å²) in [6.07, 6.45) is 1.26. The van der Waals surface area contributed by atoms with E-state index in [4.69, 9.17) is 4.74 Å². The van der Waals surface area contributed by atoms with Gasteiger partial charge in [0, 0.05) is 45.3 Å². The van der Waals surface area contributed by atoms with Crippen LogP contribution in [0.25, 0.3) is 0 Å². The Morgan fingerprint density at radius 2 is 2.00 bits per heavy atom. The predicted molar refractivity (Wildman–Crippen MR) is 90.4 cm³/mol. The zero-order valence-corrected chi connectivity index (χ0v) is 14.0. The lowest BCUT2D eigenvalue weighted by Crippen LogP contribution is -2.50. The molecule has 0 unspecified atom stereocenters. The van der Waals surface area contributed by atoms with Crippen LogP contribution in [-0.4, -0.2) is 55.7 Å². The van der Waals surface area contributed by atoms with Crippen LogP contribution in [0.2, 0.25) is 0 Å². The minimum atomic E-state index is 0.517. The number of rotatable bonds is 5. The fourth-order valence-corrected chi connectivity index (χ4v) is 3.71. The second kappa shape index (κ2) is 7.44. The monoisotopic (exact) mass is 303 g/mol. The van der Waals surface area contributed by atoms with Crippen molar-refractivity contribution in [2.45, 2.75) is 32.9 Å². The maximum atomic E-state index is 5.65. The minimum absolute atomic E-state index is 0.517. The van der Waals surface area contributed by atoms with E-state index >= 15 is 0 Å². The second-order valence-corrected chi connectivity index (χ2v) is 6.32. The van der Waals surface area contributed by atoms with E-state index in [1.165, 1.54) is 50.3 Å². The summed E-state index contributed by atoms with van der Waals surface area (Å²) in [5, 5.41) is 3.58. The van der Waals surface area contributed by atoms with Crippen molar-refractivity contribution in [3.63, 3.8) is 0 Å². The fourth-order valence-electron chi connectivity index (χ4n) is 3.71. The Morgan fingerprint density at radius 3 is 2.73 bits per heavy atom. The SMILES string of the molecule is CCCN1CCN([C@H]2CNCc3cc(OCC)ccc32)CC1. The Balaban J connectivity index is 1.69. The van der Waals surface area contributed by atoms with Gasteiger partial charge in [0.1, 0.15) is 5.75 Å². The molecule has 4 nitrogen and oxygen atoms in total. The Kier molecular flexibility index (Phi) is 5.34. The molecule has 1 aromatic rings. The molecule has 1 aromatic carbocycles. The number of hydrogen-bond acceptors (Lipinski definition) is 4. The van der Waals surface area contributed by atoms with Crippen LogP contribution >= 0.6 is 0 Å². The quantitative estimate of drug-likeness (QED) is 0.903. The van der Waals surface area contributed by atoms with Crippen molar-refractivity contribution in [2.75, 3.05) is 45.9 Å². The van der Waals surface area contributed by atoms with Crippen LogP contribution in [0.4, 0.5) is 0 Å². The largest absolute Gasteiger partial charge is 0.494 e. The maximum absolute atomic E-state index is 5.65. The summed E-state index contributed by atoms with van der Waals surface area (Å²) in [4.78, 5) is 5.24. The molecule has 0 aliphatic carbocycles. The summed E-state index contributed by atoms with van der Waals surface area (Å²) in [5.74, 6) is 0.997. The third kappa shape index (κ3) is 3.45. The number of piperazine rings is 1. The summed E-state index contributed by atoms with van der Waals surface area (Å²) in [7, 11) is 0. The van der Waals surface area contributed by atoms with Crippen molar-refractivity contribution in [1.29, 1.82) is 0 Å². The van der Waals surface area contributed by atoms with Crippen LogP contribution < -0.4 is 10.1 Å². The first-order chi connectivity index (χ1) is 10.8. The van der Waals surface area contributed by atoms with Gasteiger partial charge in [0.05, 0.1) is 6.61 Å². The molecule has 2 heterocycles. The highest BCUT2D eigenvalue weighted by atomic mass is 16.5. The van der Waals surface area contributed by atoms with E-state index in [1.807, 2.05) is 6.92 Å². The van der Waals surface area contributed by atoms with Gasteiger partial charge in [0.2, 0.25) is 0 Å². The summed E-state index contributed by atoms with van der Waals surface area (Å²) in [6, 6.07) is 7.15. The van der Waals surface area contributed by atoms with Gasteiger partial charge in [-0.15, -0.1) is 0 Å². The number of nitrogens with zero attached hydrogens (tertiary/aromatic N) is 2. The van der Waals surface area contributed by atoms with E-state index in [-0.39, 0.29) is 0 Å². The van der Waals surface area contributed by atoms with Crippen molar-refractivity contribution in [2.24, 2.45) is 0 Å². The standard InChI is InChI=1S/C18H29N3O/c1-3-7-20-8-10-21(11-9-20)18-14-19-13-15-12-16(22-4-2)5-6-17(15)18/h5-6,12,18-19H,3-4,7-11,13-14H2,1-2H3/t18-/m0/s1. The first kappa shape index (κ1) is 15.8. The van der Waals surface area contributed by atoms with E-state index in [1.54, 1.807) is 0 Å². The average molecular weight is 303 g/mol. The van der Waals surface area contributed by atoms with Crippen molar-refractivity contribution in [3.05, 3.63) is 29.3 Å². The number of fused-ring (bicyclic) bond motifs is 1. The van der Waals surface area contributed by atoms with Crippen molar-refractivity contribution in [3.8, 4) is 5.75 Å². The summed E-state index contributed by atoms with van der Waals surface area (Å²) < 4.78 is 5.65. The van der Waals surface area contributed by atoms with Gasteiger partial charge in [0.25, 0.3) is 0 Å². The topological polar surface area (TPSA) is 27.7 Å². The molecule has 0 aromatic heterocycles.